The van der Waals surface area contributed by atoms with Crippen molar-refractivity contribution < 1.29 is 9.50 Å². The van der Waals surface area contributed by atoms with E-state index in [1.807, 2.05) is 39.8 Å². The number of aliphatic hydroxyl groups excluding tert-OH is 1. The second-order valence-corrected chi connectivity index (χ2v) is 8.37. The molecule has 0 aliphatic heterocycles. The normalized spacial score (nSPS) is 11.6. The molecule has 33 heavy (non-hydrogen) atoms. The lowest BCUT2D eigenvalue weighted by Crippen LogP contribution is -2.25. The lowest BCUT2D eigenvalue weighted by atomic mass is 9.97. The van der Waals surface area contributed by atoms with E-state index < -0.39 is 23.7 Å². The van der Waals surface area contributed by atoms with Crippen LogP contribution in [0, 0.1) is 19.7 Å². The number of aryl methyl sites for hydroxylation is 2. The van der Waals surface area contributed by atoms with Crippen LogP contribution >= 0.6 is 0 Å². The van der Waals surface area contributed by atoms with E-state index >= 15 is 4.39 Å². The Hall–Kier alpha value is -3.59. The molecule has 1 N–H and O–H groups in total. The Balaban J connectivity index is 2.06. The molecule has 0 radical (unpaired) electrons. The van der Waals surface area contributed by atoms with E-state index in [4.69, 9.17) is 0 Å². The van der Waals surface area contributed by atoms with Gasteiger partial charge < -0.3 is 5.11 Å². The van der Waals surface area contributed by atoms with Gasteiger partial charge in [0.05, 0.1) is 5.39 Å². The average Bonchev–Trinajstić information content (AvgIpc) is 3.10. The zero-order valence-corrected chi connectivity index (χ0v) is 19.3. The number of benzene rings is 1. The third kappa shape index (κ3) is 3.68. The summed E-state index contributed by atoms with van der Waals surface area (Å²) >= 11 is 0. The highest BCUT2D eigenvalue weighted by Crippen LogP contribution is 2.28. The second kappa shape index (κ2) is 8.40. The second-order valence-electron chi connectivity index (χ2n) is 8.37. The van der Waals surface area contributed by atoms with Gasteiger partial charge >= 0.3 is 5.69 Å². The summed E-state index contributed by atoms with van der Waals surface area (Å²) in [4.78, 5) is 30.7. The Labute approximate surface area is 189 Å². The van der Waals surface area contributed by atoms with Crippen molar-refractivity contribution in [3.05, 3.63) is 79.8 Å². The number of hydrogen-bond acceptors (Lipinski definition) is 5. The number of aliphatic hydroxyl groups is 1. The smallest absolute Gasteiger partial charge is 0.350 e. The maximum Gasteiger partial charge on any atom is 0.350 e. The van der Waals surface area contributed by atoms with Gasteiger partial charge in [0.25, 0.3) is 5.56 Å². The van der Waals surface area contributed by atoms with Crippen molar-refractivity contribution in [2.45, 2.75) is 53.7 Å². The van der Waals surface area contributed by atoms with Crippen LogP contribution in [-0.4, -0.2) is 29.0 Å². The minimum atomic E-state index is -0.756. The van der Waals surface area contributed by atoms with E-state index in [9.17, 15) is 14.7 Å². The van der Waals surface area contributed by atoms with Gasteiger partial charge in [-0.3, -0.25) is 13.9 Å². The van der Waals surface area contributed by atoms with Crippen LogP contribution in [0.3, 0.4) is 0 Å². The molecule has 0 fully saturated rings. The number of nitrogens with zero attached hydrogens (tertiary/aromatic N) is 5. The Bertz CT molecular complexity index is 1500. The molecule has 0 saturated heterocycles. The van der Waals surface area contributed by atoms with Crippen molar-refractivity contribution in [1.29, 1.82) is 0 Å². The number of aromatic nitrogens is 5. The number of hydrogen-bond donors (Lipinski definition) is 1. The molecule has 0 atom stereocenters. The molecule has 172 valence electrons. The first-order chi connectivity index (χ1) is 15.7. The maximum absolute atomic E-state index is 15.3. The first kappa shape index (κ1) is 22.6. The molecule has 0 unspecified atom stereocenters. The fourth-order valence-corrected chi connectivity index (χ4v) is 4.04. The summed E-state index contributed by atoms with van der Waals surface area (Å²) < 4.78 is 19.0. The molecule has 0 aliphatic carbocycles. The van der Waals surface area contributed by atoms with Gasteiger partial charge in [0.1, 0.15) is 23.9 Å². The fraction of sp³-hybridized carbons (Fsp3) is 0.333. The number of fused-ring (bicyclic) bond motifs is 1. The minimum absolute atomic E-state index is 0.000649. The zero-order valence-electron chi connectivity index (χ0n) is 19.3. The van der Waals surface area contributed by atoms with Crippen molar-refractivity contribution in [3.63, 3.8) is 0 Å². The molecule has 0 amide bonds. The van der Waals surface area contributed by atoms with Crippen LogP contribution in [0.15, 0.2) is 40.1 Å². The van der Waals surface area contributed by atoms with Gasteiger partial charge in [-0.15, -0.1) is 5.10 Å². The number of pyridine rings is 2. The van der Waals surface area contributed by atoms with Crippen LogP contribution in [0.2, 0.25) is 0 Å². The van der Waals surface area contributed by atoms with E-state index in [2.05, 4.69) is 10.1 Å². The average molecular weight is 452 g/mol. The summed E-state index contributed by atoms with van der Waals surface area (Å²) in [6.07, 6.45) is 1.73. The maximum atomic E-state index is 15.3. The molecule has 4 rings (SSSR count). The van der Waals surface area contributed by atoms with Gasteiger partial charge in [0.15, 0.2) is 5.82 Å². The van der Waals surface area contributed by atoms with Gasteiger partial charge in [-0.1, -0.05) is 19.9 Å². The van der Waals surface area contributed by atoms with E-state index in [0.717, 1.165) is 27.6 Å². The van der Waals surface area contributed by atoms with Gasteiger partial charge in [0.2, 0.25) is 0 Å². The minimum Gasteiger partial charge on any atom is -0.388 e. The molecular formula is C24H26FN5O3. The first-order valence-corrected chi connectivity index (χ1v) is 10.8. The van der Waals surface area contributed by atoms with Crippen LogP contribution < -0.4 is 11.2 Å². The molecule has 1 aromatic carbocycles. The van der Waals surface area contributed by atoms with Gasteiger partial charge in [-0.05, 0) is 61.4 Å². The summed E-state index contributed by atoms with van der Waals surface area (Å²) in [5.74, 6) is -0.115. The zero-order chi connectivity index (χ0) is 24.0. The Kier molecular flexibility index (Phi) is 5.75. The molecule has 8 nitrogen and oxygen atoms in total. The van der Waals surface area contributed by atoms with Crippen molar-refractivity contribution >= 4 is 10.8 Å². The molecule has 3 aromatic heterocycles. The molecule has 0 bridgehead atoms. The van der Waals surface area contributed by atoms with Gasteiger partial charge in [-0.25, -0.2) is 14.2 Å². The van der Waals surface area contributed by atoms with Crippen molar-refractivity contribution in [3.8, 4) is 11.5 Å². The van der Waals surface area contributed by atoms with Crippen molar-refractivity contribution in [1.82, 2.24) is 23.9 Å². The summed E-state index contributed by atoms with van der Waals surface area (Å²) in [5, 5.41) is 14.4. The molecule has 3 heterocycles. The topological polar surface area (TPSA) is 94.9 Å². The number of rotatable bonds is 5. The third-order valence-corrected chi connectivity index (χ3v) is 5.80. The van der Waals surface area contributed by atoms with Gasteiger partial charge in [0, 0.05) is 18.4 Å². The van der Waals surface area contributed by atoms with Crippen LogP contribution in [-0.2, 0) is 13.2 Å². The fourth-order valence-electron chi connectivity index (χ4n) is 4.04. The van der Waals surface area contributed by atoms with Crippen LogP contribution in [0.1, 0.15) is 49.3 Å². The van der Waals surface area contributed by atoms with Crippen LogP contribution in [0.5, 0.6) is 0 Å². The predicted molar refractivity (Wildman–Crippen MR) is 124 cm³/mol. The van der Waals surface area contributed by atoms with Crippen molar-refractivity contribution in [2.75, 3.05) is 0 Å². The monoisotopic (exact) mass is 451 g/mol. The molecular weight excluding hydrogens is 425 g/mol. The lowest BCUT2D eigenvalue weighted by Gasteiger charge is -2.17. The summed E-state index contributed by atoms with van der Waals surface area (Å²) in [6, 6.07) is 6.39. The highest BCUT2D eigenvalue weighted by Gasteiger charge is 2.21. The summed E-state index contributed by atoms with van der Waals surface area (Å²) in [6.45, 7) is 9.25. The Morgan fingerprint density at radius 2 is 1.85 bits per heavy atom. The van der Waals surface area contributed by atoms with Crippen molar-refractivity contribution in [2.24, 2.45) is 0 Å². The Morgan fingerprint density at radius 1 is 1.12 bits per heavy atom. The van der Waals surface area contributed by atoms with Crippen LogP contribution in [0.4, 0.5) is 4.39 Å². The molecule has 0 saturated carbocycles. The highest BCUT2D eigenvalue weighted by atomic mass is 19.1. The molecule has 4 aromatic rings. The standard InChI is InChI=1S/C24H26FN5O3/c1-6-28-21(12-31)27-30(24(28)33)20-10-16-17(9-19(20)25)23(32)29(11-18(16)13(2)3)22-14(4)7-8-15(5)26-22/h7-11,13,31H,6,12H2,1-5H3. The molecule has 0 aliphatic rings. The SMILES string of the molecule is CCn1c(CO)nn(-c2cc3c(C(C)C)cn(-c4nc(C)ccc4C)c(=O)c3cc2F)c1=O. The quantitative estimate of drug-likeness (QED) is 0.503. The Morgan fingerprint density at radius 3 is 2.45 bits per heavy atom. The van der Waals surface area contributed by atoms with E-state index in [0.29, 0.717) is 11.2 Å². The number of halogens is 1. The summed E-state index contributed by atoms with van der Waals surface area (Å²) in [5.41, 5.74) is 1.36. The lowest BCUT2D eigenvalue weighted by molar-refractivity contribution is 0.264. The molecule has 9 heteroatoms. The highest BCUT2D eigenvalue weighted by molar-refractivity contribution is 5.87. The first-order valence-electron chi connectivity index (χ1n) is 10.8. The third-order valence-electron chi connectivity index (χ3n) is 5.80. The van der Waals surface area contributed by atoms with E-state index in [-0.39, 0.29) is 29.4 Å². The predicted octanol–water partition coefficient (Wildman–Crippen LogP) is 3.12. The van der Waals surface area contributed by atoms with E-state index in [1.54, 1.807) is 13.1 Å². The summed E-state index contributed by atoms with van der Waals surface area (Å²) in [7, 11) is 0. The van der Waals surface area contributed by atoms with Crippen LogP contribution in [0.25, 0.3) is 22.3 Å². The van der Waals surface area contributed by atoms with E-state index in [1.165, 1.54) is 15.2 Å². The molecule has 0 spiro atoms. The van der Waals surface area contributed by atoms with Gasteiger partial charge in [-0.2, -0.15) is 4.68 Å². The largest absolute Gasteiger partial charge is 0.388 e.